The first-order valence-corrected chi connectivity index (χ1v) is 6.05. The first-order chi connectivity index (χ1) is 6.15. The Bertz CT molecular complexity index is 298. The van der Waals surface area contributed by atoms with Gasteiger partial charge < -0.3 is 5.32 Å². The molecule has 1 aromatic rings. The third kappa shape index (κ3) is 2.70. The van der Waals surface area contributed by atoms with Gasteiger partial charge in [-0.05, 0) is 20.1 Å². The van der Waals surface area contributed by atoms with Gasteiger partial charge in [0.15, 0.2) is 0 Å². The molecule has 0 bridgehead atoms. The highest BCUT2D eigenvalue weighted by molar-refractivity contribution is 7.99. The maximum absolute atomic E-state index is 11.4. The minimum atomic E-state index is -0.0125. The molecule has 0 aliphatic carbocycles. The van der Waals surface area contributed by atoms with E-state index in [4.69, 9.17) is 0 Å². The minimum Gasteiger partial charge on any atom is -0.315 e. The van der Waals surface area contributed by atoms with Crippen LogP contribution in [0.15, 0.2) is 5.51 Å². The minimum absolute atomic E-state index is 0.0125. The van der Waals surface area contributed by atoms with Crippen LogP contribution in [0.25, 0.3) is 0 Å². The first kappa shape index (κ1) is 10.5. The number of anilines is 1. The Morgan fingerprint density at radius 2 is 2.46 bits per heavy atom. The number of carbonyl (C=O) groups excluding carboxylic acids is 1. The SMILES string of the molecule is CSC(C)C(=O)Nc1scnc1C. The summed E-state index contributed by atoms with van der Waals surface area (Å²) < 4.78 is 0. The van der Waals surface area contributed by atoms with E-state index in [9.17, 15) is 4.79 Å². The molecule has 3 nitrogen and oxygen atoms in total. The Morgan fingerprint density at radius 1 is 1.77 bits per heavy atom. The summed E-state index contributed by atoms with van der Waals surface area (Å²) in [6.07, 6.45) is 1.92. The Morgan fingerprint density at radius 3 is 2.92 bits per heavy atom. The van der Waals surface area contributed by atoms with Crippen molar-refractivity contribution in [2.75, 3.05) is 11.6 Å². The van der Waals surface area contributed by atoms with E-state index in [0.29, 0.717) is 0 Å². The van der Waals surface area contributed by atoms with Crippen LogP contribution in [0.4, 0.5) is 5.00 Å². The zero-order chi connectivity index (χ0) is 9.84. The van der Waals surface area contributed by atoms with Gasteiger partial charge in [0.25, 0.3) is 0 Å². The van der Waals surface area contributed by atoms with Crippen molar-refractivity contribution < 1.29 is 4.79 Å². The monoisotopic (exact) mass is 216 g/mol. The third-order valence-electron chi connectivity index (χ3n) is 1.71. The lowest BCUT2D eigenvalue weighted by molar-refractivity contribution is -0.115. The van der Waals surface area contributed by atoms with Gasteiger partial charge >= 0.3 is 0 Å². The van der Waals surface area contributed by atoms with E-state index < -0.39 is 0 Å². The molecule has 72 valence electrons. The van der Waals surface area contributed by atoms with Crippen LogP contribution >= 0.6 is 23.1 Å². The van der Waals surface area contributed by atoms with E-state index in [1.54, 1.807) is 5.51 Å². The lowest BCUT2D eigenvalue weighted by Crippen LogP contribution is -2.21. The fourth-order valence-electron chi connectivity index (χ4n) is 0.742. The second kappa shape index (κ2) is 4.62. The van der Waals surface area contributed by atoms with Crippen LogP contribution in [0.1, 0.15) is 12.6 Å². The van der Waals surface area contributed by atoms with Gasteiger partial charge in [-0.1, -0.05) is 0 Å². The highest BCUT2D eigenvalue weighted by Gasteiger charge is 2.12. The van der Waals surface area contributed by atoms with Gasteiger partial charge in [-0.25, -0.2) is 4.98 Å². The molecule has 1 N–H and O–H groups in total. The van der Waals surface area contributed by atoms with Crippen molar-refractivity contribution in [2.45, 2.75) is 19.1 Å². The van der Waals surface area contributed by atoms with Crippen LogP contribution in [-0.4, -0.2) is 22.4 Å². The zero-order valence-corrected chi connectivity index (χ0v) is 9.46. The number of carbonyl (C=O) groups is 1. The molecular formula is C8H12N2OS2. The number of thioether (sulfide) groups is 1. The molecule has 1 aromatic heterocycles. The molecule has 1 heterocycles. The van der Waals surface area contributed by atoms with Gasteiger partial charge in [0.2, 0.25) is 5.91 Å². The molecule has 0 saturated carbocycles. The smallest absolute Gasteiger partial charge is 0.237 e. The van der Waals surface area contributed by atoms with Gasteiger partial charge in [-0.3, -0.25) is 4.79 Å². The van der Waals surface area contributed by atoms with Crippen LogP contribution in [0.5, 0.6) is 0 Å². The van der Waals surface area contributed by atoms with Crippen molar-refractivity contribution in [1.29, 1.82) is 0 Å². The Hall–Kier alpha value is -0.550. The third-order valence-corrected chi connectivity index (χ3v) is 3.47. The quantitative estimate of drug-likeness (QED) is 0.841. The summed E-state index contributed by atoms with van der Waals surface area (Å²) in [5.41, 5.74) is 2.61. The molecule has 1 rings (SSSR count). The molecule has 0 aliphatic rings. The fourth-order valence-corrected chi connectivity index (χ4v) is 1.71. The first-order valence-electron chi connectivity index (χ1n) is 3.89. The molecule has 5 heteroatoms. The number of thiazole rings is 1. The van der Waals surface area contributed by atoms with E-state index in [0.717, 1.165) is 10.7 Å². The number of aryl methyl sites for hydroxylation is 1. The maximum Gasteiger partial charge on any atom is 0.237 e. The van der Waals surface area contributed by atoms with Crippen molar-refractivity contribution in [2.24, 2.45) is 0 Å². The molecular weight excluding hydrogens is 204 g/mol. The molecule has 1 amide bonds. The van der Waals surface area contributed by atoms with Crippen molar-refractivity contribution in [3.05, 3.63) is 11.2 Å². The van der Waals surface area contributed by atoms with E-state index in [1.807, 2.05) is 20.1 Å². The zero-order valence-electron chi connectivity index (χ0n) is 7.83. The van der Waals surface area contributed by atoms with Crippen LogP contribution in [0.2, 0.25) is 0 Å². The molecule has 0 saturated heterocycles. The molecule has 0 radical (unpaired) electrons. The highest BCUT2D eigenvalue weighted by atomic mass is 32.2. The number of nitrogens with zero attached hydrogens (tertiary/aromatic N) is 1. The number of nitrogens with one attached hydrogen (secondary N) is 1. The molecule has 0 aromatic carbocycles. The van der Waals surface area contributed by atoms with Crippen LogP contribution in [0, 0.1) is 6.92 Å². The average molecular weight is 216 g/mol. The van der Waals surface area contributed by atoms with Crippen LogP contribution < -0.4 is 5.32 Å². The normalized spacial score (nSPS) is 12.5. The number of aromatic nitrogens is 1. The van der Waals surface area contributed by atoms with Crippen molar-refractivity contribution >= 4 is 34.0 Å². The standard InChI is InChI=1S/C8H12N2OS2/c1-5-8(13-4-9-5)10-7(11)6(2)12-3/h4,6H,1-3H3,(H,10,11). The summed E-state index contributed by atoms with van der Waals surface area (Å²) in [5, 5.41) is 3.68. The number of amides is 1. The molecule has 0 aliphatic heterocycles. The summed E-state index contributed by atoms with van der Waals surface area (Å²) in [6, 6.07) is 0. The average Bonchev–Trinajstić information content (AvgIpc) is 2.50. The number of hydrogen-bond acceptors (Lipinski definition) is 4. The summed E-state index contributed by atoms with van der Waals surface area (Å²) in [6.45, 7) is 3.77. The van der Waals surface area contributed by atoms with Crippen molar-refractivity contribution in [3.8, 4) is 0 Å². The summed E-state index contributed by atoms with van der Waals surface area (Å²) >= 11 is 2.99. The Labute approximate surface area is 86.0 Å². The van der Waals surface area contributed by atoms with Gasteiger partial charge in [0.1, 0.15) is 5.00 Å². The Kier molecular flexibility index (Phi) is 3.74. The fraction of sp³-hybridized carbons (Fsp3) is 0.500. The number of hydrogen-bond donors (Lipinski definition) is 1. The maximum atomic E-state index is 11.4. The van der Waals surface area contributed by atoms with E-state index in [1.165, 1.54) is 23.1 Å². The van der Waals surface area contributed by atoms with E-state index >= 15 is 0 Å². The van der Waals surface area contributed by atoms with Crippen LogP contribution in [-0.2, 0) is 4.79 Å². The van der Waals surface area contributed by atoms with Crippen LogP contribution in [0.3, 0.4) is 0 Å². The highest BCUT2D eigenvalue weighted by Crippen LogP contribution is 2.20. The second-order valence-electron chi connectivity index (χ2n) is 2.63. The lowest BCUT2D eigenvalue weighted by Gasteiger charge is -2.07. The predicted molar refractivity (Wildman–Crippen MR) is 58.5 cm³/mol. The topological polar surface area (TPSA) is 42.0 Å². The van der Waals surface area contributed by atoms with Gasteiger partial charge in [0.05, 0.1) is 16.5 Å². The molecule has 0 spiro atoms. The molecule has 0 fully saturated rings. The molecule has 1 unspecified atom stereocenters. The van der Waals surface area contributed by atoms with E-state index in [-0.39, 0.29) is 11.2 Å². The predicted octanol–water partition coefficient (Wildman–Crippen LogP) is 2.14. The number of rotatable bonds is 3. The lowest BCUT2D eigenvalue weighted by atomic mass is 10.4. The van der Waals surface area contributed by atoms with Gasteiger partial charge in [0, 0.05) is 0 Å². The largest absolute Gasteiger partial charge is 0.315 e. The van der Waals surface area contributed by atoms with Gasteiger partial charge in [-0.15, -0.1) is 11.3 Å². The molecule has 1 atom stereocenters. The summed E-state index contributed by atoms with van der Waals surface area (Å²) in [7, 11) is 0. The Balaban J connectivity index is 2.60. The molecule has 13 heavy (non-hydrogen) atoms. The second-order valence-corrected chi connectivity index (χ2v) is 4.67. The van der Waals surface area contributed by atoms with Crippen molar-refractivity contribution in [3.63, 3.8) is 0 Å². The summed E-state index contributed by atoms with van der Waals surface area (Å²) in [5.74, 6) is 0.0415. The van der Waals surface area contributed by atoms with Crippen molar-refractivity contribution in [1.82, 2.24) is 4.98 Å². The van der Waals surface area contributed by atoms with Gasteiger partial charge in [-0.2, -0.15) is 11.8 Å². The summed E-state index contributed by atoms with van der Waals surface area (Å²) in [4.78, 5) is 15.5. The van der Waals surface area contributed by atoms with E-state index in [2.05, 4.69) is 10.3 Å².